The molecule has 0 spiro atoms. The molecule has 2 atom stereocenters. The lowest BCUT2D eigenvalue weighted by Crippen LogP contribution is -2.30. The molecular formula is C13H19NS. The van der Waals surface area contributed by atoms with Crippen LogP contribution in [0.25, 0.3) is 0 Å². The summed E-state index contributed by atoms with van der Waals surface area (Å²) in [4.78, 5) is 1.48. The quantitative estimate of drug-likeness (QED) is 0.765. The van der Waals surface area contributed by atoms with E-state index in [-0.39, 0.29) is 0 Å². The molecule has 1 N–H and O–H groups in total. The Morgan fingerprint density at radius 3 is 3.00 bits per heavy atom. The van der Waals surface area contributed by atoms with Gasteiger partial charge < -0.3 is 5.32 Å². The fourth-order valence-electron chi connectivity index (χ4n) is 2.18. The molecule has 82 valence electrons. The van der Waals surface area contributed by atoms with Crippen molar-refractivity contribution < 1.29 is 0 Å². The third-order valence-corrected chi connectivity index (χ3v) is 4.22. The molecule has 0 amide bonds. The van der Waals surface area contributed by atoms with E-state index in [0.29, 0.717) is 12.1 Å². The zero-order valence-corrected chi connectivity index (χ0v) is 10.3. The monoisotopic (exact) mass is 221 g/mol. The fraction of sp³-hybridized carbons (Fsp3) is 0.538. The molecule has 0 saturated carbocycles. The van der Waals surface area contributed by atoms with Crippen LogP contribution in [-0.2, 0) is 0 Å². The van der Waals surface area contributed by atoms with E-state index in [9.17, 15) is 0 Å². The van der Waals surface area contributed by atoms with Crippen LogP contribution >= 0.6 is 11.3 Å². The fourth-order valence-corrected chi connectivity index (χ4v) is 3.12. The van der Waals surface area contributed by atoms with E-state index in [0.717, 1.165) is 0 Å². The van der Waals surface area contributed by atoms with Crippen LogP contribution in [0.15, 0.2) is 23.6 Å². The van der Waals surface area contributed by atoms with Crippen LogP contribution in [0.4, 0.5) is 0 Å². The van der Waals surface area contributed by atoms with Gasteiger partial charge in [0.15, 0.2) is 0 Å². The van der Waals surface area contributed by atoms with Gasteiger partial charge in [-0.1, -0.05) is 12.2 Å². The highest BCUT2D eigenvalue weighted by Gasteiger charge is 2.14. The van der Waals surface area contributed by atoms with Crippen LogP contribution < -0.4 is 5.32 Å². The van der Waals surface area contributed by atoms with Gasteiger partial charge in [0.05, 0.1) is 0 Å². The van der Waals surface area contributed by atoms with Gasteiger partial charge in [-0.3, -0.25) is 0 Å². The van der Waals surface area contributed by atoms with E-state index in [2.05, 4.69) is 42.8 Å². The van der Waals surface area contributed by atoms with Gasteiger partial charge in [0.1, 0.15) is 0 Å². The van der Waals surface area contributed by atoms with E-state index < -0.39 is 0 Å². The molecule has 0 saturated heterocycles. The van der Waals surface area contributed by atoms with Crippen LogP contribution in [0.1, 0.15) is 42.7 Å². The van der Waals surface area contributed by atoms with Gasteiger partial charge in [-0.25, -0.2) is 0 Å². The first-order valence-electron chi connectivity index (χ1n) is 5.74. The van der Waals surface area contributed by atoms with Gasteiger partial charge in [-0.2, -0.15) is 0 Å². The molecule has 0 bridgehead atoms. The van der Waals surface area contributed by atoms with Gasteiger partial charge in [0.2, 0.25) is 0 Å². The molecule has 2 unspecified atom stereocenters. The van der Waals surface area contributed by atoms with Crippen LogP contribution in [0, 0.1) is 6.92 Å². The van der Waals surface area contributed by atoms with Crippen molar-refractivity contribution in [2.75, 3.05) is 0 Å². The average molecular weight is 221 g/mol. The summed E-state index contributed by atoms with van der Waals surface area (Å²) in [6, 6.07) is 3.27. The number of allylic oxidation sites excluding steroid dienone is 1. The van der Waals surface area contributed by atoms with Gasteiger partial charge in [0.25, 0.3) is 0 Å². The first kappa shape index (κ1) is 10.9. The Morgan fingerprint density at radius 2 is 2.40 bits per heavy atom. The summed E-state index contributed by atoms with van der Waals surface area (Å²) in [6.45, 7) is 4.46. The van der Waals surface area contributed by atoms with Crippen molar-refractivity contribution in [3.05, 3.63) is 34.0 Å². The summed E-state index contributed by atoms with van der Waals surface area (Å²) in [5.74, 6) is 0. The lowest BCUT2D eigenvalue weighted by molar-refractivity contribution is 0.470. The van der Waals surface area contributed by atoms with Crippen molar-refractivity contribution in [2.45, 2.75) is 45.2 Å². The largest absolute Gasteiger partial charge is 0.303 e. The molecule has 1 heterocycles. The zero-order valence-electron chi connectivity index (χ0n) is 9.49. The van der Waals surface area contributed by atoms with Crippen molar-refractivity contribution in [2.24, 2.45) is 0 Å². The molecular weight excluding hydrogens is 202 g/mol. The Kier molecular flexibility index (Phi) is 3.60. The van der Waals surface area contributed by atoms with Crippen molar-refractivity contribution >= 4 is 11.3 Å². The number of hydrogen-bond acceptors (Lipinski definition) is 2. The average Bonchev–Trinajstić information content (AvgIpc) is 2.66. The molecule has 0 radical (unpaired) electrons. The van der Waals surface area contributed by atoms with Crippen molar-refractivity contribution in [3.8, 4) is 0 Å². The number of aryl methyl sites for hydroxylation is 1. The minimum Gasteiger partial charge on any atom is -0.303 e. The second kappa shape index (κ2) is 4.95. The highest BCUT2D eigenvalue weighted by molar-refractivity contribution is 7.10. The van der Waals surface area contributed by atoms with Crippen molar-refractivity contribution in [1.29, 1.82) is 0 Å². The standard InChI is InChI=1S/C13H19NS/c1-10-8-9-15-13(10)11(2)14-12-6-4-3-5-7-12/h4,6,8-9,11-12,14H,3,5,7H2,1-2H3. The lowest BCUT2D eigenvalue weighted by Gasteiger charge is -2.22. The number of hydrogen-bond donors (Lipinski definition) is 1. The smallest absolute Gasteiger partial charge is 0.0393 e. The third-order valence-electron chi connectivity index (χ3n) is 3.01. The molecule has 1 nitrogen and oxygen atoms in total. The molecule has 1 aromatic heterocycles. The van der Waals surface area contributed by atoms with Crippen molar-refractivity contribution in [1.82, 2.24) is 5.32 Å². The number of rotatable bonds is 3. The molecule has 0 aliphatic heterocycles. The molecule has 1 aromatic rings. The Balaban J connectivity index is 1.97. The first-order chi connectivity index (χ1) is 7.27. The summed E-state index contributed by atoms with van der Waals surface area (Å²) < 4.78 is 0. The summed E-state index contributed by atoms with van der Waals surface area (Å²) in [5, 5.41) is 5.87. The molecule has 0 aromatic carbocycles. The minimum absolute atomic E-state index is 0.484. The van der Waals surface area contributed by atoms with Crippen LogP contribution in [0.5, 0.6) is 0 Å². The second-order valence-corrected chi connectivity index (χ2v) is 5.27. The van der Waals surface area contributed by atoms with E-state index >= 15 is 0 Å². The molecule has 0 fully saturated rings. The molecule has 1 aliphatic carbocycles. The van der Waals surface area contributed by atoms with Crippen LogP contribution in [0.2, 0.25) is 0 Å². The van der Waals surface area contributed by atoms with E-state index in [1.165, 1.54) is 29.7 Å². The maximum absolute atomic E-state index is 3.69. The summed E-state index contributed by atoms with van der Waals surface area (Å²) in [5.41, 5.74) is 1.42. The van der Waals surface area contributed by atoms with Gasteiger partial charge in [-0.15, -0.1) is 11.3 Å². The van der Waals surface area contributed by atoms with Gasteiger partial charge in [0, 0.05) is 17.0 Å². The maximum atomic E-state index is 3.69. The molecule has 2 heteroatoms. The van der Waals surface area contributed by atoms with Gasteiger partial charge >= 0.3 is 0 Å². The Bertz CT molecular complexity index is 340. The topological polar surface area (TPSA) is 12.0 Å². The first-order valence-corrected chi connectivity index (χ1v) is 6.62. The zero-order chi connectivity index (χ0) is 10.7. The Morgan fingerprint density at radius 1 is 1.53 bits per heavy atom. The predicted octanol–water partition coefficient (Wildman–Crippen LogP) is 3.82. The maximum Gasteiger partial charge on any atom is 0.0393 e. The van der Waals surface area contributed by atoms with Gasteiger partial charge in [-0.05, 0) is 50.1 Å². The van der Waals surface area contributed by atoms with Crippen LogP contribution in [-0.4, -0.2) is 6.04 Å². The summed E-state index contributed by atoms with van der Waals surface area (Å²) >= 11 is 1.86. The van der Waals surface area contributed by atoms with E-state index in [1.807, 2.05) is 11.3 Å². The third kappa shape index (κ3) is 2.70. The summed E-state index contributed by atoms with van der Waals surface area (Å²) in [7, 11) is 0. The van der Waals surface area contributed by atoms with Crippen molar-refractivity contribution in [3.63, 3.8) is 0 Å². The normalized spacial score (nSPS) is 22.9. The lowest BCUT2D eigenvalue weighted by atomic mass is 10.0. The summed E-state index contributed by atoms with van der Waals surface area (Å²) in [6.07, 6.45) is 8.48. The SMILES string of the molecule is Cc1ccsc1C(C)NC1C=CCCC1. The highest BCUT2D eigenvalue weighted by Crippen LogP contribution is 2.25. The second-order valence-electron chi connectivity index (χ2n) is 4.32. The molecule has 1 aliphatic rings. The number of thiophene rings is 1. The molecule has 15 heavy (non-hydrogen) atoms. The Hall–Kier alpha value is -0.600. The molecule has 2 rings (SSSR count). The Labute approximate surface area is 96.2 Å². The highest BCUT2D eigenvalue weighted by atomic mass is 32.1. The van der Waals surface area contributed by atoms with Crippen LogP contribution in [0.3, 0.4) is 0 Å². The minimum atomic E-state index is 0.484. The number of nitrogens with one attached hydrogen (secondary N) is 1. The van der Waals surface area contributed by atoms with E-state index in [4.69, 9.17) is 0 Å². The predicted molar refractivity (Wildman–Crippen MR) is 67.4 cm³/mol. The van der Waals surface area contributed by atoms with E-state index in [1.54, 1.807) is 0 Å².